The maximum Gasteiger partial charge on any atom is 0.407 e. The normalized spacial score (nSPS) is 20.0. The number of rotatable bonds is 11. The minimum atomic E-state index is -0.808. The number of aromatic nitrogens is 4. The van der Waals surface area contributed by atoms with Gasteiger partial charge in [0.1, 0.15) is 23.7 Å². The van der Waals surface area contributed by atoms with Crippen molar-refractivity contribution in [3.05, 3.63) is 84.7 Å². The van der Waals surface area contributed by atoms with Gasteiger partial charge in [0.25, 0.3) is 0 Å². The molecule has 5 unspecified atom stereocenters. The van der Waals surface area contributed by atoms with Crippen LogP contribution >= 0.6 is 0 Å². The molecule has 4 amide bonds. The Morgan fingerprint density at radius 3 is 1.77 bits per heavy atom. The highest BCUT2D eigenvalue weighted by atomic mass is 16.5. The van der Waals surface area contributed by atoms with Gasteiger partial charge in [0.05, 0.1) is 62.1 Å². The number of hydrogen-bond acceptors (Lipinski definition) is 9. The largest absolute Gasteiger partial charge is 0.453 e. The summed E-state index contributed by atoms with van der Waals surface area (Å²) in [6.45, 7) is 8.43. The van der Waals surface area contributed by atoms with Crippen LogP contribution in [0.15, 0.2) is 73.1 Å². The lowest BCUT2D eigenvalue weighted by molar-refractivity contribution is -0.136. The fourth-order valence-electron chi connectivity index (χ4n) is 9.00. The number of carbonyl (C=O) groups excluding carboxylic acids is 4. The summed E-state index contributed by atoms with van der Waals surface area (Å²) in [6, 6.07) is 21.1. The SMILES string of the molecule is COC(=O)NC(C(=O)N1CC(C#N)CC1c1ncc(-c2ccc(-c3ccc4cc(-c5cnc(C6CC7(CC7)CN6C(=O)C(NC(=O)OC)C(C)C)[nH]5)ccc4c3)cc2)[nH]1)C(C)C. The van der Waals surface area contributed by atoms with Crippen molar-refractivity contribution in [3.63, 3.8) is 0 Å². The predicted molar refractivity (Wildman–Crippen MR) is 232 cm³/mol. The molecule has 2 saturated heterocycles. The minimum Gasteiger partial charge on any atom is -0.453 e. The third-order valence-corrected chi connectivity index (χ3v) is 12.8. The molecule has 1 spiro atoms. The standard InChI is InChI=1S/C47H53N9O6/c1-26(2)39(53-45(59)61-5)43(57)55-24-28(21-48)17-37(55)41-49-22-35(51-41)30-9-7-29(8-10-30)31-11-12-33-19-34(14-13-32(33)18-31)36-23-50-42(52-36)38-20-47(15-16-47)25-56(38)44(58)40(27(3)4)54-46(60)62-6/h7-14,18-19,22-23,26-28,37-40H,15-17,20,24-25H2,1-6H3,(H,49,51)(H,50,52)(H,53,59)(H,54,60). The highest BCUT2D eigenvalue weighted by Gasteiger charge is 2.55. The van der Waals surface area contributed by atoms with E-state index in [0.29, 0.717) is 18.8 Å². The number of fused-ring (bicyclic) bond motifs is 1. The summed E-state index contributed by atoms with van der Waals surface area (Å²) in [5.74, 6) is 0.263. The van der Waals surface area contributed by atoms with Crippen LogP contribution in [0.2, 0.25) is 0 Å². The first-order valence-electron chi connectivity index (χ1n) is 21.2. The van der Waals surface area contributed by atoms with E-state index in [2.05, 4.69) is 80.2 Å². The number of ether oxygens (including phenoxy) is 2. The van der Waals surface area contributed by atoms with Gasteiger partial charge in [0.2, 0.25) is 11.8 Å². The Hall–Kier alpha value is -6.69. The first-order chi connectivity index (χ1) is 29.8. The highest BCUT2D eigenvalue weighted by molar-refractivity contribution is 5.91. The van der Waals surface area contributed by atoms with E-state index in [-0.39, 0.29) is 47.6 Å². The number of nitrogens with zero attached hydrogens (tertiary/aromatic N) is 5. The van der Waals surface area contributed by atoms with Crippen LogP contribution in [0.25, 0.3) is 44.4 Å². The molecule has 1 saturated carbocycles. The Bertz CT molecular complexity index is 2530. The van der Waals surface area contributed by atoms with Crippen molar-refractivity contribution < 1.29 is 28.7 Å². The van der Waals surface area contributed by atoms with Gasteiger partial charge in [-0.05, 0) is 82.5 Å². The van der Waals surface area contributed by atoms with Crippen LogP contribution in [0, 0.1) is 34.5 Å². The lowest BCUT2D eigenvalue weighted by Crippen LogP contribution is -2.51. The summed E-state index contributed by atoms with van der Waals surface area (Å²) in [5.41, 5.74) is 5.79. The molecule has 4 N–H and O–H groups in total. The molecule has 62 heavy (non-hydrogen) atoms. The topological polar surface area (TPSA) is 198 Å². The fraction of sp³-hybridized carbons (Fsp3) is 0.426. The first-order valence-corrected chi connectivity index (χ1v) is 21.2. The summed E-state index contributed by atoms with van der Waals surface area (Å²) in [6.07, 6.45) is 5.70. The molecule has 4 heterocycles. The van der Waals surface area contributed by atoms with Crippen LogP contribution in [-0.4, -0.2) is 93.1 Å². The van der Waals surface area contributed by atoms with Crippen LogP contribution in [0.5, 0.6) is 0 Å². The quantitative estimate of drug-likeness (QED) is 0.104. The minimum absolute atomic E-state index is 0.110. The van der Waals surface area contributed by atoms with Gasteiger partial charge in [0, 0.05) is 18.7 Å². The third-order valence-electron chi connectivity index (χ3n) is 12.8. The summed E-state index contributed by atoms with van der Waals surface area (Å²) in [4.78, 5) is 71.7. The number of carbonyl (C=O) groups is 4. The zero-order chi connectivity index (χ0) is 43.9. The third kappa shape index (κ3) is 8.33. The zero-order valence-electron chi connectivity index (χ0n) is 35.9. The van der Waals surface area contributed by atoms with Crippen molar-refractivity contribution >= 4 is 34.8 Å². The van der Waals surface area contributed by atoms with Crippen molar-refractivity contribution in [1.29, 1.82) is 5.26 Å². The molecule has 0 radical (unpaired) electrons. The maximum atomic E-state index is 13.9. The molecule has 8 rings (SSSR count). The second kappa shape index (κ2) is 17.0. The molecule has 15 heteroatoms. The zero-order valence-corrected chi connectivity index (χ0v) is 35.9. The second-order valence-corrected chi connectivity index (χ2v) is 17.7. The Morgan fingerprint density at radius 2 is 1.23 bits per heavy atom. The van der Waals surface area contributed by atoms with Crippen molar-refractivity contribution in [2.24, 2.45) is 23.2 Å². The van der Waals surface area contributed by atoms with E-state index >= 15 is 0 Å². The van der Waals surface area contributed by atoms with E-state index in [1.54, 1.807) is 11.1 Å². The van der Waals surface area contributed by atoms with Crippen molar-refractivity contribution in [2.45, 2.75) is 77.5 Å². The summed E-state index contributed by atoms with van der Waals surface area (Å²) in [5, 5.41) is 17.3. The van der Waals surface area contributed by atoms with Gasteiger partial charge < -0.3 is 39.9 Å². The molecule has 2 aromatic heterocycles. The second-order valence-electron chi connectivity index (χ2n) is 17.7. The Morgan fingerprint density at radius 1 is 0.726 bits per heavy atom. The van der Waals surface area contributed by atoms with Crippen molar-refractivity contribution in [2.75, 3.05) is 27.3 Å². The number of benzene rings is 3. The highest BCUT2D eigenvalue weighted by Crippen LogP contribution is 2.58. The number of H-pyrrole nitrogens is 2. The fourth-order valence-corrected chi connectivity index (χ4v) is 9.00. The average molecular weight is 840 g/mol. The van der Waals surface area contributed by atoms with Crippen molar-refractivity contribution in [3.8, 4) is 39.7 Å². The number of alkyl carbamates (subject to hydrolysis) is 2. The van der Waals surface area contributed by atoms with Crippen LogP contribution in [0.3, 0.4) is 0 Å². The molecular formula is C47H53N9O6. The summed E-state index contributed by atoms with van der Waals surface area (Å²) in [7, 11) is 2.56. The van der Waals surface area contributed by atoms with Crippen LogP contribution < -0.4 is 10.6 Å². The van der Waals surface area contributed by atoms with Gasteiger partial charge in [-0.25, -0.2) is 19.6 Å². The molecule has 322 valence electrons. The van der Waals surface area contributed by atoms with Gasteiger partial charge >= 0.3 is 12.2 Å². The number of methoxy groups -OCH3 is 2. The molecule has 1 aliphatic carbocycles. The molecule has 0 bridgehead atoms. The molecule has 3 aromatic carbocycles. The van der Waals surface area contributed by atoms with E-state index in [9.17, 15) is 24.4 Å². The van der Waals surface area contributed by atoms with E-state index in [0.717, 1.165) is 69.5 Å². The number of hydrogen-bond donors (Lipinski definition) is 4. The number of imidazole rings is 2. The van der Waals surface area contributed by atoms with E-state index in [1.807, 2.05) is 50.9 Å². The molecule has 3 aliphatic rings. The van der Waals surface area contributed by atoms with Gasteiger partial charge in [0.15, 0.2) is 0 Å². The number of amides is 4. The Kier molecular flexibility index (Phi) is 11.5. The molecule has 2 aliphatic heterocycles. The van der Waals surface area contributed by atoms with E-state index in [1.165, 1.54) is 14.2 Å². The van der Waals surface area contributed by atoms with Gasteiger partial charge in [-0.15, -0.1) is 0 Å². The van der Waals surface area contributed by atoms with Crippen LogP contribution in [-0.2, 0) is 19.1 Å². The van der Waals surface area contributed by atoms with E-state index < -0.39 is 30.3 Å². The lowest BCUT2D eigenvalue weighted by Gasteiger charge is -2.30. The van der Waals surface area contributed by atoms with Gasteiger partial charge in [-0.2, -0.15) is 5.26 Å². The number of nitriles is 1. The summed E-state index contributed by atoms with van der Waals surface area (Å²) >= 11 is 0. The average Bonchev–Trinajstić information content (AvgIpc) is 3.78. The monoisotopic (exact) mass is 839 g/mol. The van der Waals surface area contributed by atoms with E-state index in [4.69, 9.17) is 14.5 Å². The maximum absolute atomic E-state index is 13.9. The van der Waals surface area contributed by atoms with Gasteiger partial charge in [-0.3, -0.25) is 9.59 Å². The predicted octanol–water partition coefficient (Wildman–Crippen LogP) is 7.51. The summed E-state index contributed by atoms with van der Waals surface area (Å²) < 4.78 is 9.58. The van der Waals surface area contributed by atoms with Crippen LogP contribution in [0.1, 0.15) is 77.1 Å². The smallest absolute Gasteiger partial charge is 0.407 e. The number of nitrogens with one attached hydrogen (secondary N) is 4. The number of aromatic amines is 2. The molecule has 15 nitrogen and oxygen atoms in total. The van der Waals surface area contributed by atoms with Gasteiger partial charge in [-0.1, -0.05) is 76.2 Å². The van der Waals surface area contributed by atoms with Crippen LogP contribution in [0.4, 0.5) is 9.59 Å². The van der Waals surface area contributed by atoms with Crippen molar-refractivity contribution in [1.82, 2.24) is 40.4 Å². The molecule has 3 fully saturated rings. The molecule has 5 atom stereocenters. The molecule has 5 aromatic rings. The Labute approximate surface area is 360 Å². The number of likely N-dealkylation sites (tertiary alicyclic amines) is 2. The molecular weight excluding hydrogens is 787 g/mol. The first kappa shape index (κ1) is 42.0. The lowest BCUT2D eigenvalue weighted by atomic mass is 9.98. The Balaban J connectivity index is 0.962.